The van der Waals surface area contributed by atoms with Gasteiger partial charge in [-0.3, -0.25) is 4.79 Å². The summed E-state index contributed by atoms with van der Waals surface area (Å²) in [7, 11) is -3.23. The molecule has 0 bridgehead atoms. The highest BCUT2D eigenvalue weighted by Gasteiger charge is 2.30. The number of halogens is 2. The van der Waals surface area contributed by atoms with Crippen LogP contribution in [-0.2, 0) is 10.0 Å². The van der Waals surface area contributed by atoms with Gasteiger partial charge in [0.05, 0.1) is 29.6 Å². The lowest BCUT2D eigenvalue weighted by molar-refractivity contribution is 0.0925. The van der Waals surface area contributed by atoms with E-state index in [-0.39, 0.29) is 18.0 Å². The van der Waals surface area contributed by atoms with Gasteiger partial charge in [0.2, 0.25) is 10.0 Å². The van der Waals surface area contributed by atoms with Crippen LogP contribution in [0.2, 0.25) is 0 Å². The second kappa shape index (κ2) is 9.19. The Morgan fingerprint density at radius 3 is 2.60 bits per heavy atom. The topological polar surface area (TPSA) is 87.0 Å². The number of hydrogen-bond acceptors (Lipinski definition) is 5. The molecule has 2 fully saturated rings. The first-order chi connectivity index (χ1) is 16.7. The normalized spacial score (nSPS) is 20.0. The van der Waals surface area contributed by atoms with Gasteiger partial charge in [0.25, 0.3) is 5.91 Å². The lowest BCUT2D eigenvalue weighted by Gasteiger charge is -2.30. The SMILES string of the molecule is CS(=O)(=O)N1CCC(NC(=O)c2cnn3ccc(N4CCCC4c4cc(F)ccc4F)cc23)CC1. The minimum atomic E-state index is -3.23. The van der Waals surface area contributed by atoms with Gasteiger partial charge in [-0.1, -0.05) is 0 Å². The van der Waals surface area contributed by atoms with Crippen LogP contribution in [-0.4, -0.2) is 60.2 Å². The van der Waals surface area contributed by atoms with Gasteiger partial charge in [-0.2, -0.15) is 5.10 Å². The number of aromatic nitrogens is 2. The van der Waals surface area contributed by atoms with E-state index in [0.29, 0.717) is 55.5 Å². The quantitative estimate of drug-likeness (QED) is 0.578. The zero-order chi connectivity index (χ0) is 24.7. The summed E-state index contributed by atoms with van der Waals surface area (Å²) in [5.74, 6) is -1.18. The van der Waals surface area contributed by atoms with Crippen molar-refractivity contribution in [3.63, 3.8) is 0 Å². The zero-order valence-corrected chi connectivity index (χ0v) is 20.1. The molecule has 35 heavy (non-hydrogen) atoms. The fourth-order valence-corrected chi connectivity index (χ4v) is 5.96. The molecule has 2 saturated heterocycles. The van der Waals surface area contributed by atoms with Crippen molar-refractivity contribution in [2.24, 2.45) is 0 Å². The summed E-state index contributed by atoms with van der Waals surface area (Å²) in [5.41, 5.74) is 2.15. The number of nitrogens with zero attached hydrogens (tertiary/aromatic N) is 4. The Labute approximate surface area is 202 Å². The van der Waals surface area contributed by atoms with Gasteiger partial charge >= 0.3 is 0 Å². The molecule has 3 aromatic rings. The predicted octanol–water partition coefficient (Wildman–Crippen LogP) is 3.11. The molecule has 1 aromatic carbocycles. The fraction of sp³-hybridized carbons (Fsp3) is 0.417. The molecule has 2 aliphatic heterocycles. The van der Waals surface area contributed by atoms with Crippen molar-refractivity contribution in [2.45, 2.75) is 37.8 Å². The van der Waals surface area contributed by atoms with Crippen LogP contribution in [0.5, 0.6) is 0 Å². The second-order valence-electron chi connectivity index (χ2n) is 9.20. The number of carbonyl (C=O) groups is 1. The first-order valence-corrected chi connectivity index (χ1v) is 13.5. The van der Waals surface area contributed by atoms with Crippen LogP contribution in [0, 0.1) is 11.6 Å². The van der Waals surface area contributed by atoms with E-state index in [9.17, 15) is 22.0 Å². The highest BCUT2D eigenvalue weighted by atomic mass is 32.2. The van der Waals surface area contributed by atoms with Gasteiger partial charge in [0.1, 0.15) is 11.6 Å². The minimum absolute atomic E-state index is 0.127. The molecule has 0 saturated carbocycles. The van der Waals surface area contributed by atoms with E-state index >= 15 is 0 Å². The summed E-state index contributed by atoms with van der Waals surface area (Å²) in [4.78, 5) is 15.1. The van der Waals surface area contributed by atoms with Crippen molar-refractivity contribution in [3.8, 4) is 0 Å². The van der Waals surface area contributed by atoms with Crippen molar-refractivity contribution in [1.29, 1.82) is 0 Å². The maximum atomic E-state index is 14.5. The minimum Gasteiger partial charge on any atom is -0.364 e. The number of amides is 1. The Hall–Kier alpha value is -3.05. The number of anilines is 1. The van der Waals surface area contributed by atoms with E-state index in [4.69, 9.17) is 0 Å². The molecule has 0 spiro atoms. The number of rotatable bonds is 5. The van der Waals surface area contributed by atoms with Crippen LogP contribution in [0.25, 0.3) is 5.52 Å². The summed E-state index contributed by atoms with van der Waals surface area (Å²) in [6.07, 6.45) is 7.07. The van der Waals surface area contributed by atoms with Gasteiger partial charge in [0, 0.05) is 43.1 Å². The second-order valence-corrected chi connectivity index (χ2v) is 11.2. The third-order valence-corrected chi connectivity index (χ3v) is 8.21. The molecular formula is C24H27F2N5O3S. The molecule has 5 rings (SSSR count). The van der Waals surface area contributed by atoms with Crippen LogP contribution in [0.4, 0.5) is 14.5 Å². The highest BCUT2D eigenvalue weighted by molar-refractivity contribution is 7.88. The third kappa shape index (κ3) is 4.74. The number of benzene rings is 1. The predicted molar refractivity (Wildman–Crippen MR) is 128 cm³/mol. The average molecular weight is 504 g/mol. The van der Waals surface area contributed by atoms with E-state index in [1.165, 1.54) is 22.8 Å². The van der Waals surface area contributed by atoms with Crippen molar-refractivity contribution < 1.29 is 22.0 Å². The lowest BCUT2D eigenvalue weighted by atomic mass is 10.0. The number of piperidine rings is 1. The molecule has 0 radical (unpaired) electrons. The standard InChI is InChI=1S/C24H27F2N5O3S/c1-35(33,34)29-10-6-17(7-11-29)28-24(32)20-15-27-31-12-8-18(14-23(20)31)30-9-2-3-22(30)19-13-16(25)4-5-21(19)26/h4-5,8,12-15,17,22H,2-3,6-7,9-11H2,1H3,(H,28,32). The van der Waals surface area contributed by atoms with Gasteiger partial charge in [0.15, 0.2) is 0 Å². The van der Waals surface area contributed by atoms with E-state index in [2.05, 4.69) is 10.4 Å². The first-order valence-electron chi connectivity index (χ1n) is 11.7. The Morgan fingerprint density at radius 2 is 1.86 bits per heavy atom. The molecule has 0 aliphatic carbocycles. The van der Waals surface area contributed by atoms with Gasteiger partial charge in [-0.05, 0) is 56.0 Å². The monoisotopic (exact) mass is 503 g/mol. The van der Waals surface area contributed by atoms with Crippen LogP contribution >= 0.6 is 0 Å². The Balaban J connectivity index is 1.36. The van der Waals surface area contributed by atoms with E-state index in [0.717, 1.165) is 24.2 Å². The van der Waals surface area contributed by atoms with Gasteiger partial charge < -0.3 is 10.2 Å². The number of hydrogen-bond donors (Lipinski definition) is 1. The number of nitrogens with one attached hydrogen (secondary N) is 1. The van der Waals surface area contributed by atoms with Gasteiger partial charge in [-0.15, -0.1) is 0 Å². The largest absolute Gasteiger partial charge is 0.364 e. The molecule has 11 heteroatoms. The van der Waals surface area contributed by atoms with Crippen molar-refractivity contribution in [3.05, 3.63) is 65.5 Å². The van der Waals surface area contributed by atoms with Crippen LogP contribution < -0.4 is 10.2 Å². The summed E-state index contributed by atoms with van der Waals surface area (Å²) in [6, 6.07) is 6.81. The molecule has 4 heterocycles. The lowest BCUT2D eigenvalue weighted by Crippen LogP contribution is -2.46. The number of fused-ring (bicyclic) bond motifs is 1. The fourth-order valence-electron chi connectivity index (χ4n) is 5.09. The maximum Gasteiger partial charge on any atom is 0.255 e. The zero-order valence-electron chi connectivity index (χ0n) is 19.3. The van der Waals surface area contributed by atoms with Crippen LogP contribution in [0.1, 0.15) is 47.6 Å². The van der Waals surface area contributed by atoms with E-state index < -0.39 is 21.7 Å². The molecule has 186 valence electrons. The third-order valence-electron chi connectivity index (χ3n) is 6.91. The number of pyridine rings is 1. The molecule has 8 nitrogen and oxygen atoms in total. The molecule has 1 amide bonds. The summed E-state index contributed by atoms with van der Waals surface area (Å²) in [5, 5.41) is 7.29. The first kappa shape index (κ1) is 23.7. The van der Waals surface area contributed by atoms with Crippen LogP contribution in [0.15, 0.2) is 42.7 Å². The maximum absolute atomic E-state index is 14.5. The van der Waals surface area contributed by atoms with Crippen molar-refractivity contribution in [1.82, 2.24) is 19.2 Å². The van der Waals surface area contributed by atoms with Crippen LogP contribution in [0.3, 0.4) is 0 Å². The highest BCUT2D eigenvalue weighted by Crippen LogP contribution is 2.38. The molecular weight excluding hydrogens is 476 g/mol. The molecule has 1 atom stereocenters. The molecule has 1 unspecified atom stereocenters. The summed E-state index contributed by atoms with van der Waals surface area (Å²) in [6.45, 7) is 1.43. The van der Waals surface area contributed by atoms with E-state index in [1.807, 2.05) is 17.0 Å². The van der Waals surface area contributed by atoms with Gasteiger partial charge in [-0.25, -0.2) is 26.0 Å². The summed E-state index contributed by atoms with van der Waals surface area (Å²) >= 11 is 0. The summed E-state index contributed by atoms with van der Waals surface area (Å²) < 4.78 is 54.8. The Kier molecular flexibility index (Phi) is 6.22. The van der Waals surface area contributed by atoms with Crippen molar-refractivity contribution in [2.75, 3.05) is 30.8 Å². The number of carbonyl (C=O) groups excluding carboxylic acids is 1. The number of sulfonamides is 1. The Morgan fingerprint density at radius 1 is 1.09 bits per heavy atom. The van der Waals surface area contributed by atoms with E-state index in [1.54, 1.807) is 10.7 Å². The average Bonchev–Trinajstić information content (AvgIpc) is 3.47. The Bertz CT molecular complexity index is 1370. The van der Waals surface area contributed by atoms with Crippen molar-refractivity contribution >= 4 is 27.1 Å². The molecule has 2 aromatic heterocycles. The molecule has 2 aliphatic rings. The smallest absolute Gasteiger partial charge is 0.255 e. The molecule has 1 N–H and O–H groups in total.